The van der Waals surface area contributed by atoms with Crippen LogP contribution in [0.5, 0.6) is 0 Å². The van der Waals surface area contributed by atoms with E-state index in [0.717, 1.165) is 5.69 Å². The molecule has 1 aromatic rings. The van der Waals surface area contributed by atoms with Crippen molar-refractivity contribution in [2.24, 2.45) is 0 Å². The standard InChI is InChI=1S/C9H12ClN3O2/c10-8-2-1-5-9(13-8)12-6(3-11-5)7(15)4-14/h1-2,6-7,11,14-15H,3-4H2,(H,12,13)/t6-,7-/m1/s1. The van der Waals surface area contributed by atoms with Gasteiger partial charge in [-0.3, -0.25) is 0 Å². The highest BCUT2D eigenvalue weighted by molar-refractivity contribution is 6.29. The van der Waals surface area contributed by atoms with Crippen LogP contribution in [0, 0.1) is 0 Å². The van der Waals surface area contributed by atoms with Crippen LogP contribution in [0.4, 0.5) is 11.5 Å². The summed E-state index contributed by atoms with van der Waals surface area (Å²) in [5.41, 5.74) is 0.848. The van der Waals surface area contributed by atoms with E-state index in [2.05, 4.69) is 15.6 Å². The first-order valence-electron chi connectivity index (χ1n) is 4.66. The van der Waals surface area contributed by atoms with Gasteiger partial charge in [0.1, 0.15) is 5.15 Å². The second kappa shape index (κ2) is 4.22. The highest BCUT2D eigenvalue weighted by Gasteiger charge is 2.24. The molecule has 0 saturated heterocycles. The Morgan fingerprint density at radius 2 is 2.40 bits per heavy atom. The van der Waals surface area contributed by atoms with Gasteiger partial charge >= 0.3 is 0 Å². The van der Waals surface area contributed by atoms with Crippen molar-refractivity contribution in [2.45, 2.75) is 12.1 Å². The van der Waals surface area contributed by atoms with Gasteiger partial charge in [0.05, 0.1) is 24.4 Å². The highest BCUT2D eigenvalue weighted by Crippen LogP contribution is 2.26. The summed E-state index contributed by atoms with van der Waals surface area (Å²) in [5.74, 6) is 0.603. The average molecular weight is 230 g/mol. The summed E-state index contributed by atoms with van der Waals surface area (Å²) in [7, 11) is 0. The van der Waals surface area contributed by atoms with E-state index in [-0.39, 0.29) is 12.6 Å². The lowest BCUT2D eigenvalue weighted by Gasteiger charge is -2.29. The summed E-state index contributed by atoms with van der Waals surface area (Å²) in [4.78, 5) is 4.08. The molecule has 5 nitrogen and oxygen atoms in total. The molecule has 2 atom stereocenters. The number of aliphatic hydroxyl groups is 2. The monoisotopic (exact) mass is 229 g/mol. The summed E-state index contributed by atoms with van der Waals surface area (Å²) >= 11 is 5.75. The molecule has 1 aliphatic heterocycles. The molecule has 0 radical (unpaired) electrons. The van der Waals surface area contributed by atoms with E-state index < -0.39 is 6.10 Å². The Bertz CT molecular complexity index is 361. The van der Waals surface area contributed by atoms with Gasteiger partial charge in [0.15, 0.2) is 5.82 Å². The van der Waals surface area contributed by atoms with Crippen molar-refractivity contribution in [1.29, 1.82) is 0 Å². The quantitative estimate of drug-likeness (QED) is 0.549. The minimum Gasteiger partial charge on any atom is -0.394 e. The maximum atomic E-state index is 9.46. The number of nitrogens with one attached hydrogen (secondary N) is 2. The van der Waals surface area contributed by atoms with E-state index >= 15 is 0 Å². The third-order valence-corrected chi connectivity index (χ3v) is 2.56. The van der Waals surface area contributed by atoms with Crippen molar-refractivity contribution in [3.8, 4) is 0 Å². The summed E-state index contributed by atoms with van der Waals surface area (Å²) in [5, 5.41) is 24.8. The Labute approximate surface area is 92.1 Å². The number of pyridine rings is 1. The van der Waals surface area contributed by atoms with E-state index in [1.54, 1.807) is 6.07 Å². The summed E-state index contributed by atoms with van der Waals surface area (Å²) in [6.45, 7) is 0.257. The second-order valence-corrected chi connectivity index (χ2v) is 3.80. The third-order valence-electron chi connectivity index (χ3n) is 2.35. The van der Waals surface area contributed by atoms with Gasteiger partial charge in [-0.2, -0.15) is 0 Å². The fourth-order valence-corrected chi connectivity index (χ4v) is 1.64. The van der Waals surface area contributed by atoms with Gasteiger partial charge in [0.2, 0.25) is 0 Å². The van der Waals surface area contributed by atoms with Crippen LogP contribution in [-0.2, 0) is 0 Å². The Morgan fingerprint density at radius 3 is 3.13 bits per heavy atom. The van der Waals surface area contributed by atoms with E-state index in [1.807, 2.05) is 6.07 Å². The molecule has 0 aliphatic carbocycles. The smallest absolute Gasteiger partial charge is 0.151 e. The van der Waals surface area contributed by atoms with E-state index in [4.69, 9.17) is 16.7 Å². The Kier molecular flexibility index (Phi) is 2.95. The predicted molar refractivity (Wildman–Crippen MR) is 58.2 cm³/mol. The molecule has 0 unspecified atom stereocenters. The van der Waals surface area contributed by atoms with Crippen molar-refractivity contribution in [2.75, 3.05) is 23.8 Å². The van der Waals surface area contributed by atoms with Gasteiger partial charge in [-0.1, -0.05) is 11.6 Å². The maximum Gasteiger partial charge on any atom is 0.151 e. The average Bonchev–Trinajstić information content (AvgIpc) is 2.27. The molecule has 0 bridgehead atoms. The zero-order valence-electron chi connectivity index (χ0n) is 7.94. The lowest BCUT2D eigenvalue weighted by atomic mass is 10.1. The molecule has 0 amide bonds. The molecular formula is C9H12ClN3O2. The molecule has 0 aromatic carbocycles. The molecular weight excluding hydrogens is 218 g/mol. The number of nitrogens with zero attached hydrogens (tertiary/aromatic N) is 1. The van der Waals surface area contributed by atoms with Crippen molar-refractivity contribution in [3.63, 3.8) is 0 Å². The van der Waals surface area contributed by atoms with Crippen LogP contribution in [0.25, 0.3) is 0 Å². The number of aliphatic hydroxyl groups excluding tert-OH is 2. The van der Waals surface area contributed by atoms with Crippen molar-refractivity contribution in [1.82, 2.24) is 4.98 Å². The second-order valence-electron chi connectivity index (χ2n) is 3.41. The number of hydrogen-bond donors (Lipinski definition) is 4. The van der Waals surface area contributed by atoms with Crippen LogP contribution in [0.15, 0.2) is 12.1 Å². The first-order chi connectivity index (χ1) is 7.20. The number of halogens is 1. The van der Waals surface area contributed by atoms with Gasteiger partial charge in [-0.15, -0.1) is 0 Å². The molecule has 0 spiro atoms. The fourth-order valence-electron chi connectivity index (χ4n) is 1.49. The molecule has 4 N–H and O–H groups in total. The number of fused-ring (bicyclic) bond motifs is 1. The summed E-state index contributed by atoms with van der Waals surface area (Å²) in [6.07, 6.45) is -0.813. The molecule has 6 heteroatoms. The van der Waals surface area contributed by atoms with Crippen LogP contribution in [0.1, 0.15) is 0 Å². The number of rotatable bonds is 2. The molecule has 2 rings (SSSR count). The van der Waals surface area contributed by atoms with Crippen LogP contribution >= 0.6 is 11.6 Å². The predicted octanol–water partition coefficient (Wildman–Crippen LogP) is 0.294. The molecule has 1 aromatic heterocycles. The number of hydrogen-bond acceptors (Lipinski definition) is 5. The van der Waals surface area contributed by atoms with Gasteiger partial charge < -0.3 is 20.8 Å². The minimum absolute atomic E-state index is 0.256. The summed E-state index contributed by atoms with van der Waals surface area (Å²) in [6, 6.07) is 3.25. The lowest BCUT2D eigenvalue weighted by molar-refractivity contribution is 0.0819. The van der Waals surface area contributed by atoms with Crippen molar-refractivity contribution < 1.29 is 10.2 Å². The largest absolute Gasteiger partial charge is 0.394 e. The molecule has 0 fully saturated rings. The van der Waals surface area contributed by atoms with Crippen LogP contribution < -0.4 is 10.6 Å². The molecule has 0 saturated carbocycles. The zero-order chi connectivity index (χ0) is 10.8. The Morgan fingerprint density at radius 1 is 1.60 bits per heavy atom. The molecule has 2 heterocycles. The summed E-state index contributed by atoms with van der Waals surface area (Å²) < 4.78 is 0. The first kappa shape index (κ1) is 10.5. The van der Waals surface area contributed by atoms with Gasteiger partial charge in [0, 0.05) is 6.54 Å². The van der Waals surface area contributed by atoms with Gasteiger partial charge in [-0.05, 0) is 12.1 Å². The maximum absolute atomic E-state index is 9.46. The molecule has 15 heavy (non-hydrogen) atoms. The SMILES string of the molecule is OC[C@@H](O)[C@H]1CNc2ccc(Cl)nc2N1. The number of aromatic nitrogens is 1. The highest BCUT2D eigenvalue weighted by atomic mass is 35.5. The van der Waals surface area contributed by atoms with E-state index in [9.17, 15) is 5.11 Å². The molecule has 1 aliphatic rings. The minimum atomic E-state index is -0.813. The zero-order valence-corrected chi connectivity index (χ0v) is 8.70. The van der Waals surface area contributed by atoms with Crippen molar-refractivity contribution in [3.05, 3.63) is 17.3 Å². The normalized spacial score (nSPS) is 21.1. The van der Waals surface area contributed by atoms with Crippen LogP contribution in [0.2, 0.25) is 5.15 Å². The number of anilines is 2. The van der Waals surface area contributed by atoms with Crippen LogP contribution in [-0.4, -0.2) is 40.5 Å². The van der Waals surface area contributed by atoms with Gasteiger partial charge in [-0.25, -0.2) is 4.98 Å². The van der Waals surface area contributed by atoms with E-state index in [0.29, 0.717) is 17.5 Å². The Hall–Kier alpha value is -1.04. The first-order valence-corrected chi connectivity index (χ1v) is 5.04. The fraction of sp³-hybridized carbons (Fsp3) is 0.444. The molecule has 82 valence electrons. The lowest BCUT2D eigenvalue weighted by Crippen LogP contribution is -2.44. The Balaban J connectivity index is 2.18. The topological polar surface area (TPSA) is 77.4 Å². The van der Waals surface area contributed by atoms with E-state index in [1.165, 1.54) is 0 Å². The van der Waals surface area contributed by atoms with Crippen LogP contribution in [0.3, 0.4) is 0 Å². The van der Waals surface area contributed by atoms with Gasteiger partial charge in [0.25, 0.3) is 0 Å². The third kappa shape index (κ3) is 2.14. The van der Waals surface area contributed by atoms with Crippen molar-refractivity contribution >= 4 is 23.1 Å².